The number of nitrogens with zero attached hydrogens (tertiary/aromatic N) is 1. The number of hydrogen-bond donors (Lipinski definition) is 2. The molecule has 1 amide bonds. The van der Waals surface area contributed by atoms with E-state index < -0.39 is 5.97 Å². The maximum absolute atomic E-state index is 12.2. The molecule has 1 aliphatic carbocycles. The van der Waals surface area contributed by atoms with Crippen LogP contribution in [0.3, 0.4) is 0 Å². The zero-order valence-electron chi connectivity index (χ0n) is 10.4. The fourth-order valence-corrected chi connectivity index (χ4v) is 2.75. The molecule has 2 unspecified atom stereocenters. The normalized spacial score (nSPS) is 28.6. The van der Waals surface area contributed by atoms with Gasteiger partial charge in [-0.25, -0.2) is 0 Å². The van der Waals surface area contributed by atoms with Crippen LogP contribution in [0, 0.1) is 11.8 Å². The smallest absolute Gasteiger partial charge is 0.303 e. The number of carboxylic acids is 1. The van der Waals surface area contributed by atoms with Crippen LogP contribution in [0.4, 0.5) is 0 Å². The molecule has 0 aromatic carbocycles. The number of nitrogens with two attached hydrogens (primary N) is 1. The topological polar surface area (TPSA) is 83.6 Å². The zero-order chi connectivity index (χ0) is 13.1. The van der Waals surface area contributed by atoms with E-state index in [9.17, 15) is 9.59 Å². The molecular weight excluding hydrogens is 232 g/mol. The van der Waals surface area contributed by atoms with Crippen molar-refractivity contribution >= 4 is 11.9 Å². The van der Waals surface area contributed by atoms with Crippen molar-refractivity contribution in [2.45, 2.75) is 31.7 Å². The first-order chi connectivity index (χ1) is 8.56. The highest BCUT2D eigenvalue weighted by Crippen LogP contribution is 2.24. The molecule has 1 aliphatic heterocycles. The van der Waals surface area contributed by atoms with Gasteiger partial charge in [-0.15, -0.1) is 0 Å². The van der Waals surface area contributed by atoms with Gasteiger partial charge in [-0.05, 0) is 25.2 Å². The van der Waals surface area contributed by atoms with E-state index in [4.69, 9.17) is 10.8 Å². The van der Waals surface area contributed by atoms with Crippen molar-refractivity contribution in [2.24, 2.45) is 17.6 Å². The molecule has 1 saturated heterocycles. The second-order valence-electron chi connectivity index (χ2n) is 5.26. The van der Waals surface area contributed by atoms with Crippen molar-refractivity contribution in [3.8, 4) is 0 Å². The summed E-state index contributed by atoms with van der Waals surface area (Å²) < 4.78 is 0. The highest BCUT2D eigenvalue weighted by Gasteiger charge is 2.30. The Hall–Kier alpha value is -1.36. The van der Waals surface area contributed by atoms with Gasteiger partial charge >= 0.3 is 5.97 Å². The first-order valence-electron chi connectivity index (χ1n) is 6.50. The molecule has 0 aromatic heterocycles. The number of rotatable bonds is 3. The molecule has 2 aliphatic rings. The Labute approximate surface area is 107 Å². The quantitative estimate of drug-likeness (QED) is 0.721. The molecule has 18 heavy (non-hydrogen) atoms. The number of carbonyl (C=O) groups is 2. The summed E-state index contributed by atoms with van der Waals surface area (Å²) in [4.78, 5) is 24.7. The van der Waals surface area contributed by atoms with E-state index in [2.05, 4.69) is 0 Å². The first kappa shape index (κ1) is 13.1. The lowest BCUT2D eigenvalue weighted by Crippen LogP contribution is -2.41. The number of piperidine rings is 1. The van der Waals surface area contributed by atoms with Gasteiger partial charge in [-0.2, -0.15) is 0 Å². The monoisotopic (exact) mass is 252 g/mol. The Morgan fingerprint density at radius 3 is 2.44 bits per heavy atom. The van der Waals surface area contributed by atoms with Gasteiger partial charge in [0.2, 0.25) is 5.91 Å². The molecule has 0 spiro atoms. The molecule has 0 radical (unpaired) electrons. The molecule has 1 fully saturated rings. The average Bonchev–Trinajstić information content (AvgIpc) is 2.75. The van der Waals surface area contributed by atoms with Gasteiger partial charge in [0, 0.05) is 25.6 Å². The predicted molar refractivity (Wildman–Crippen MR) is 66.8 cm³/mol. The maximum Gasteiger partial charge on any atom is 0.303 e. The predicted octanol–water partition coefficient (Wildman–Crippen LogP) is 0.603. The minimum absolute atomic E-state index is 0.00324. The molecule has 2 atom stereocenters. The standard InChI is InChI=1S/C13H20N2O3/c14-11-2-1-10(8-11)13(18)15-5-3-9(4-6-15)7-12(16)17/h1-2,9-11H,3-8,14H2,(H,16,17). The lowest BCUT2D eigenvalue weighted by Gasteiger charge is -2.32. The maximum atomic E-state index is 12.2. The third kappa shape index (κ3) is 3.10. The van der Waals surface area contributed by atoms with E-state index in [1.807, 2.05) is 17.1 Å². The molecule has 3 N–H and O–H groups in total. The van der Waals surface area contributed by atoms with Crippen molar-refractivity contribution in [1.29, 1.82) is 0 Å². The van der Waals surface area contributed by atoms with Crippen LogP contribution in [0.5, 0.6) is 0 Å². The molecular formula is C13H20N2O3. The summed E-state index contributed by atoms with van der Waals surface area (Å²) in [7, 11) is 0. The Kier molecular flexibility index (Phi) is 4.01. The molecule has 5 nitrogen and oxygen atoms in total. The third-order valence-electron chi connectivity index (χ3n) is 3.82. The number of hydrogen-bond acceptors (Lipinski definition) is 3. The van der Waals surface area contributed by atoms with E-state index in [1.54, 1.807) is 0 Å². The second-order valence-corrected chi connectivity index (χ2v) is 5.26. The van der Waals surface area contributed by atoms with Crippen LogP contribution in [0.15, 0.2) is 12.2 Å². The van der Waals surface area contributed by atoms with E-state index >= 15 is 0 Å². The number of aliphatic carboxylic acids is 1. The Morgan fingerprint density at radius 2 is 1.94 bits per heavy atom. The summed E-state index contributed by atoms with van der Waals surface area (Å²) in [6.07, 6.45) is 6.29. The van der Waals surface area contributed by atoms with Crippen molar-refractivity contribution < 1.29 is 14.7 Å². The molecule has 0 saturated carbocycles. The van der Waals surface area contributed by atoms with Crippen LogP contribution in [0.1, 0.15) is 25.7 Å². The van der Waals surface area contributed by atoms with Crippen molar-refractivity contribution in [2.75, 3.05) is 13.1 Å². The fraction of sp³-hybridized carbons (Fsp3) is 0.692. The van der Waals surface area contributed by atoms with Gasteiger partial charge < -0.3 is 15.7 Å². The largest absolute Gasteiger partial charge is 0.481 e. The van der Waals surface area contributed by atoms with Crippen molar-refractivity contribution in [3.63, 3.8) is 0 Å². The van der Waals surface area contributed by atoms with Crippen LogP contribution in [0.2, 0.25) is 0 Å². The van der Waals surface area contributed by atoms with Gasteiger partial charge in [-0.3, -0.25) is 9.59 Å². The highest BCUT2D eigenvalue weighted by atomic mass is 16.4. The van der Waals surface area contributed by atoms with E-state index in [1.165, 1.54) is 0 Å². The SMILES string of the molecule is NC1C=CC(C(=O)N2CCC(CC(=O)O)CC2)C1. The molecule has 5 heteroatoms. The van der Waals surface area contributed by atoms with Crippen molar-refractivity contribution in [1.82, 2.24) is 4.90 Å². The molecule has 0 bridgehead atoms. The first-order valence-corrected chi connectivity index (χ1v) is 6.50. The summed E-state index contributed by atoms with van der Waals surface area (Å²) in [5.41, 5.74) is 5.75. The minimum atomic E-state index is -0.746. The summed E-state index contributed by atoms with van der Waals surface area (Å²) in [6, 6.07) is 0.00324. The lowest BCUT2D eigenvalue weighted by molar-refractivity contribution is -0.139. The molecule has 1 heterocycles. The van der Waals surface area contributed by atoms with Crippen LogP contribution < -0.4 is 5.73 Å². The van der Waals surface area contributed by atoms with Gasteiger partial charge in [0.1, 0.15) is 0 Å². The van der Waals surface area contributed by atoms with E-state index in [-0.39, 0.29) is 30.2 Å². The van der Waals surface area contributed by atoms with Gasteiger partial charge in [-0.1, -0.05) is 12.2 Å². The molecule has 100 valence electrons. The Morgan fingerprint density at radius 1 is 1.28 bits per heavy atom. The number of amides is 1. The zero-order valence-corrected chi connectivity index (χ0v) is 10.4. The summed E-state index contributed by atoms with van der Waals surface area (Å²) in [6.45, 7) is 1.35. The fourth-order valence-electron chi connectivity index (χ4n) is 2.75. The Balaban J connectivity index is 1.81. The van der Waals surface area contributed by atoms with Gasteiger partial charge in [0.25, 0.3) is 0 Å². The minimum Gasteiger partial charge on any atom is -0.481 e. The van der Waals surface area contributed by atoms with Crippen LogP contribution in [-0.2, 0) is 9.59 Å². The molecule has 2 rings (SSSR count). The number of carboxylic acid groups (broad SMARTS) is 1. The lowest BCUT2D eigenvalue weighted by atomic mass is 9.92. The van der Waals surface area contributed by atoms with Crippen LogP contribution in [0.25, 0.3) is 0 Å². The number of likely N-dealkylation sites (tertiary alicyclic amines) is 1. The van der Waals surface area contributed by atoms with Gasteiger partial charge in [0.15, 0.2) is 0 Å². The van der Waals surface area contributed by atoms with Gasteiger partial charge in [0.05, 0.1) is 5.92 Å². The average molecular weight is 252 g/mol. The second kappa shape index (κ2) is 5.52. The highest BCUT2D eigenvalue weighted by molar-refractivity contribution is 5.81. The summed E-state index contributed by atoms with van der Waals surface area (Å²) >= 11 is 0. The third-order valence-corrected chi connectivity index (χ3v) is 3.82. The van der Waals surface area contributed by atoms with Crippen molar-refractivity contribution in [3.05, 3.63) is 12.2 Å². The van der Waals surface area contributed by atoms with Crippen LogP contribution in [-0.4, -0.2) is 41.0 Å². The summed E-state index contributed by atoms with van der Waals surface area (Å²) in [5.74, 6) is -0.457. The van der Waals surface area contributed by atoms with Crippen LogP contribution >= 0.6 is 0 Å². The number of carbonyl (C=O) groups excluding carboxylic acids is 1. The molecule has 0 aromatic rings. The van der Waals surface area contributed by atoms with E-state index in [0.29, 0.717) is 19.5 Å². The Bertz CT molecular complexity index is 359. The summed E-state index contributed by atoms with van der Waals surface area (Å²) in [5, 5.41) is 8.74. The van der Waals surface area contributed by atoms with E-state index in [0.717, 1.165) is 12.8 Å².